The van der Waals surface area contributed by atoms with Crippen LogP contribution in [0.1, 0.15) is 30.8 Å². The smallest absolute Gasteiger partial charge is 0.122 e. The van der Waals surface area contributed by atoms with Crippen LogP contribution in [0.4, 0.5) is 0 Å². The number of aryl methyl sites for hydroxylation is 1. The first-order chi connectivity index (χ1) is 9.78. The van der Waals surface area contributed by atoms with E-state index in [-0.39, 0.29) is 0 Å². The molecule has 0 radical (unpaired) electrons. The Kier molecular flexibility index (Phi) is 4.34. The highest BCUT2D eigenvalue weighted by molar-refractivity contribution is 7.99. The van der Waals surface area contributed by atoms with Crippen LogP contribution in [0.25, 0.3) is 0 Å². The molecule has 2 aromatic rings. The molecule has 106 valence electrons. The van der Waals surface area contributed by atoms with Crippen LogP contribution in [-0.4, -0.2) is 15.3 Å². The lowest BCUT2D eigenvalue weighted by Crippen LogP contribution is -2.25. The summed E-state index contributed by atoms with van der Waals surface area (Å²) in [5, 5.41) is 4.44. The van der Waals surface area contributed by atoms with Gasteiger partial charge in [-0.2, -0.15) is 0 Å². The van der Waals surface area contributed by atoms with Crippen molar-refractivity contribution in [3.8, 4) is 0 Å². The minimum Gasteiger partial charge on any atom is -0.334 e. The monoisotopic (exact) mass is 307 g/mol. The summed E-state index contributed by atoms with van der Waals surface area (Å²) >= 11 is 8.05. The Labute approximate surface area is 128 Å². The predicted molar refractivity (Wildman–Crippen MR) is 84.3 cm³/mol. The lowest BCUT2D eigenvalue weighted by atomic mass is 10.0. The molecule has 1 aliphatic rings. The van der Waals surface area contributed by atoms with E-state index in [1.165, 1.54) is 10.5 Å². The summed E-state index contributed by atoms with van der Waals surface area (Å²) in [4.78, 5) is 5.76. The zero-order valence-electron chi connectivity index (χ0n) is 11.5. The van der Waals surface area contributed by atoms with Crippen LogP contribution in [0.3, 0.4) is 0 Å². The first-order valence-corrected chi connectivity index (χ1v) is 8.30. The van der Waals surface area contributed by atoms with E-state index in [1.54, 1.807) is 0 Å². The Bertz CT molecular complexity index is 597. The Balaban J connectivity index is 1.75. The third-order valence-corrected chi connectivity index (χ3v) is 5.02. The maximum absolute atomic E-state index is 6.14. The van der Waals surface area contributed by atoms with Gasteiger partial charge in [-0.1, -0.05) is 11.6 Å². The number of nitrogens with one attached hydrogen (secondary N) is 1. The van der Waals surface area contributed by atoms with Crippen molar-refractivity contribution in [3.63, 3.8) is 0 Å². The highest BCUT2D eigenvalue weighted by Gasteiger charge is 2.21. The van der Waals surface area contributed by atoms with Crippen molar-refractivity contribution in [3.05, 3.63) is 47.0 Å². The fourth-order valence-corrected chi connectivity index (χ4v) is 3.87. The van der Waals surface area contributed by atoms with Crippen LogP contribution in [0, 0.1) is 0 Å². The van der Waals surface area contributed by atoms with Gasteiger partial charge in [0.1, 0.15) is 5.82 Å². The number of benzene rings is 1. The number of thioether (sulfide) groups is 1. The molecule has 3 nitrogen and oxygen atoms in total. The Morgan fingerprint density at radius 2 is 2.40 bits per heavy atom. The molecule has 0 fully saturated rings. The summed E-state index contributed by atoms with van der Waals surface area (Å²) < 4.78 is 2.17. The number of rotatable bonds is 4. The van der Waals surface area contributed by atoms with Gasteiger partial charge in [0, 0.05) is 34.9 Å². The van der Waals surface area contributed by atoms with Crippen molar-refractivity contribution in [2.24, 2.45) is 0 Å². The van der Waals surface area contributed by atoms with Crippen molar-refractivity contribution in [1.29, 1.82) is 0 Å². The molecule has 2 heterocycles. The minimum absolute atomic E-state index is 0.368. The molecule has 5 heteroatoms. The molecule has 1 aliphatic heterocycles. The van der Waals surface area contributed by atoms with Gasteiger partial charge >= 0.3 is 0 Å². The molecule has 20 heavy (non-hydrogen) atoms. The topological polar surface area (TPSA) is 29.9 Å². The van der Waals surface area contributed by atoms with Gasteiger partial charge in [-0.05, 0) is 42.9 Å². The molecular weight excluding hydrogens is 290 g/mol. The van der Waals surface area contributed by atoms with Gasteiger partial charge in [0.25, 0.3) is 0 Å². The summed E-state index contributed by atoms with van der Waals surface area (Å²) in [7, 11) is 0. The van der Waals surface area contributed by atoms with Crippen LogP contribution < -0.4 is 5.32 Å². The highest BCUT2D eigenvalue weighted by Crippen LogP contribution is 2.37. The quantitative estimate of drug-likeness (QED) is 0.929. The number of hydrogen-bond donors (Lipinski definition) is 1. The highest BCUT2D eigenvalue weighted by atomic mass is 35.5. The maximum Gasteiger partial charge on any atom is 0.122 e. The van der Waals surface area contributed by atoms with Crippen LogP contribution in [0.5, 0.6) is 0 Å². The second-order valence-corrected chi connectivity index (χ2v) is 6.46. The third kappa shape index (κ3) is 2.87. The van der Waals surface area contributed by atoms with Gasteiger partial charge in [0.15, 0.2) is 0 Å². The van der Waals surface area contributed by atoms with Crippen LogP contribution in [-0.2, 0) is 13.1 Å². The molecule has 1 aromatic heterocycles. The van der Waals surface area contributed by atoms with Crippen molar-refractivity contribution >= 4 is 23.4 Å². The van der Waals surface area contributed by atoms with E-state index in [9.17, 15) is 0 Å². The molecule has 0 bridgehead atoms. The van der Waals surface area contributed by atoms with E-state index < -0.39 is 0 Å². The Morgan fingerprint density at radius 1 is 1.50 bits per heavy atom. The zero-order chi connectivity index (χ0) is 13.9. The van der Waals surface area contributed by atoms with Crippen LogP contribution in [0.2, 0.25) is 5.02 Å². The molecular formula is C15H18ClN3S. The van der Waals surface area contributed by atoms with E-state index in [1.807, 2.05) is 30.2 Å². The number of halogens is 1. The van der Waals surface area contributed by atoms with Gasteiger partial charge in [0.05, 0.1) is 6.54 Å². The van der Waals surface area contributed by atoms with Crippen LogP contribution in [0.15, 0.2) is 35.5 Å². The summed E-state index contributed by atoms with van der Waals surface area (Å²) in [6.07, 6.45) is 5.02. The first kappa shape index (κ1) is 14.0. The molecule has 1 unspecified atom stereocenters. The zero-order valence-corrected chi connectivity index (χ0v) is 13.0. The number of fused-ring (bicyclic) bond motifs is 1. The largest absolute Gasteiger partial charge is 0.334 e. The molecule has 0 spiro atoms. The van der Waals surface area contributed by atoms with Crippen molar-refractivity contribution in [2.75, 3.05) is 5.75 Å². The Hall–Kier alpha value is -0.970. The molecule has 0 amide bonds. The predicted octanol–water partition coefficient (Wildman–Crippen LogP) is 3.88. The summed E-state index contributed by atoms with van der Waals surface area (Å²) in [5.74, 6) is 2.24. The van der Waals surface area contributed by atoms with E-state index in [0.717, 1.165) is 36.1 Å². The van der Waals surface area contributed by atoms with Crippen LogP contribution >= 0.6 is 23.4 Å². The number of imidazole rings is 1. The second kappa shape index (κ2) is 6.20. The molecule has 1 N–H and O–H groups in total. The number of hydrogen-bond acceptors (Lipinski definition) is 3. The van der Waals surface area contributed by atoms with Crippen molar-refractivity contribution in [2.45, 2.75) is 37.4 Å². The van der Waals surface area contributed by atoms with Gasteiger partial charge in [-0.15, -0.1) is 11.8 Å². The fourth-order valence-electron chi connectivity index (χ4n) is 2.59. The maximum atomic E-state index is 6.14. The van der Waals surface area contributed by atoms with E-state index in [0.29, 0.717) is 6.04 Å². The molecule has 0 saturated carbocycles. The molecule has 3 rings (SSSR count). The summed E-state index contributed by atoms with van der Waals surface area (Å²) in [6, 6.07) is 6.56. The van der Waals surface area contributed by atoms with Gasteiger partial charge in [0.2, 0.25) is 0 Å². The van der Waals surface area contributed by atoms with E-state index >= 15 is 0 Å². The normalized spacial score (nSPS) is 18.0. The van der Waals surface area contributed by atoms with Gasteiger partial charge in [-0.25, -0.2) is 4.98 Å². The van der Waals surface area contributed by atoms with Crippen molar-refractivity contribution < 1.29 is 0 Å². The van der Waals surface area contributed by atoms with E-state index in [4.69, 9.17) is 11.6 Å². The summed E-state index contributed by atoms with van der Waals surface area (Å²) in [5.41, 5.74) is 1.32. The molecule has 0 aliphatic carbocycles. The third-order valence-electron chi connectivity index (χ3n) is 3.66. The molecule has 0 saturated heterocycles. The second-order valence-electron chi connectivity index (χ2n) is 4.88. The van der Waals surface area contributed by atoms with E-state index in [2.05, 4.69) is 33.9 Å². The number of aromatic nitrogens is 2. The summed E-state index contributed by atoms with van der Waals surface area (Å²) in [6.45, 7) is 3.89. The SMILES string of the molecule is CCn1ccnc1CNC1CCSc2ccc(Cl)cc21. The standard InChI is InChI=1S/C15H18ClN3S/c1-2-19-7-6-17-15(19)10-18-13-5-8-20-14-4-3-11(16)9-12(13)14/h3-4,6-7,9,13,18H,2,5,8,10H2,1H3. The van der Waals surface area contributed by atoms with Gasteiger partial charge in [-0.3, -0.25) is 0 Å². The lowest BCUT2D eigenvalue weighted by molar-refractivity contribution is 0.490. The van der Waals surface area contributed by atoms with Gasteiger partial charge < -0.3 is 9.88 Å². The lowest BCUT2D eigenvalue weighted by Gasteiger charge is -2.26. The first-order valence-electron chi connectivity index (χ1n) is 6.93. The Morgan fingerprint density at radius 3 is 3.25 bits per heavy atom. The minimum atomic E-state index is 0.368. The fraction of sp³-hybridized carbons (Fsp3) is 0.400. The number of nitrogens with zero attached hydrogens (tertiary/aromatic N) is 2. The average molecular weight is 308 g/mol. The molecule has 1 aromatic carbocycles. The molecule has 1 atom stereocenters. The average Bonchev–Trinajstić information content (AvgIpc) is 2.92. The van der Waals surface area contributed by atoms with Crippen molar-refractivity contribution in [1.82, 2.24) is 14.9 Å².